The second kappa shape index (κ2) is 5.40. The number of carbonyl (C=O) groups excluding carboxylic acids is 1. The summed E-state index contributed by atoms with van der Waals surface area (Å²) in [5.74, 6) is -0.108. The van der Waals surface area contributed by atoms with Crippen molar-refractivity contribution in [3.8, 4) is 0 Å². The zero-order chi connectivity index (χ0) is 12.1. The largest absolute Gasteiger partial charge is 0.468 e. The van der Waals surface area contributed by atoms with Gasteiger partial charge < -0.3 is 10.1 Å². The van der Waals surface area contributed by atoms with Gasteiger partial charge in [0.25, 0.3) is 5.69 Å². The monoisotopic (exact) mass is 289 g/mol. The fourth-order valence-electron chi connectivity index (χ4n) is 0.886. The van der Waals surface area contributed by atoms with Gasteiger partial charge in [-0.15, -0.1) is 0 Å². The van der Waals surface area contributed by atoms with Crippen molar-refractivity contribution in [1.82, 2.24) is 4.98 Å². The van der Waals surface area contributed by atoms with E-state index in [0.717, 1.165) is 6.20 Å². The van der Waals surface area contributed by atoms with E-state index in [1.165, 1.54) is 13.2 Å². The molecule has 0 aliphatic rings. The van der Waals surface area contributed by atoms with Gasteiger partial charge in [-0.25, -0.2) is 4.98 Å². The average molecular weight is 290 g/mol. The highest BCUT2D eigenvalue weighted by molar-refractivity contribution is 9.10. The van der Waals surface area contributed by atoms with Crippen molar-refractivity contribution in [2.75, 3.05) is 19.0 Å². The molecule has 86 valence electrons. The van der Waals surface area contributed by atoms with Crippen LogP contribution in [0.2, 0.25) is 0 Å². The van der Waals surface area contributed by atoms with Gasteiger partial charge in [0.15, 0.2) is 0 Å². The number of aromatic nitrogens is 1. The van der Waals surface area contributed by atoms with Crippen molar-refractivity contribution in [3.05, 3.63) is 26.9 Å². The Hall–Kier alpha value is -1.70. The number of carbonyl (C=O) groups is 1. The van der Waals surface area contributed by atoms with Crippen LogP contribution in [0.3, 0.4) is 0 Å². The summed E-state index contributed by atoms with van der Waals surface area (Å²) in [5, 5.41) is 13.1. The molecule has 1 rings (SSSR count). The van der Waals surface area contributed by atoms with Crippen LogP contribution in [0, 0.1) is 10.1 Å². The normalized spacial score (nSPS) is 9.62. The Morgan fingerprint density at radius 3 is 2.94 bits per heavy atom. The van der Waals surface area contributed by atoms with Crippen molar-refractivity contribution in [1.29, 1.82) is 0 Å². The van der Waals surface area contributed by atoms with E-state index in [2.05, 4.69) is 31.0 Å². The first kappa shape index (κ1) is 12.4. The van der Waals surface area contributed by atoms with Gasteiger partial charge in [-0.1, -0.05) is 0 Å². The zero-order valence-corrected chi connectivity index (χ0v) is 9.85. The molecule has 1 N–H and O–H groups in total. The van der Waals surface area contributed by atoms with Crippen LogP contribution in [0.1, 0.15) is 0 Å². The van der Waals surface area contributed by atoms with Crippen LogP contribution >= 0.6 is 15.9 Å². The highest BCUT2D eigenvalue weighted by atomic mass is 79.9. The number of ether oxygens (including phenoxy) is 1. The van der Waals surface area contributed by atoms with E-state index in [9.17, 15) is 14.9 Å². The molecule has 1 heterocycles. The lowest BCUT2D eigenvalue weighted by molar-refractivity contribution is -0.385. The minimum absolute atomic E-state index is 0.0556. The number of pyridine rings is 1. The van der Waals surface area contributed by atoms with Crippen LogP contribution < -0.4 is 5.32 Å². The summed E-state index contributed by atoms with van der Waals surface area (Å²) in [6, 6.07) is 1.30. The van der Waals surface area contributed by atoms with Crippen LogP contribution in [-0.4, -0.2) is 29.5 Å². The molecule has 7 nitrogen and oxygen atoms in total. The Morgan fingerprint density at radius 2 is 2.44 bits per heavy atom. The van der Waals surface area contributed by atoms with Crippen LogP contribution in [0.25, 0.3) is 0 Å². The molecule has 16 heavy (non-hydrogen) atoms. The SMILES string of the molecule is COC(=O)CNc1ncc([N+](=O)[O-])cc1Br. The molecular formula is C8H8BrN3O4. The van der Waals surface area contributed by atoms with E-state index < -0.39 is 10.9 Å². The first-order valence-corrected chi connectivity index (χ1v) is 4.94. The first-order chi connectivity index (χ1) is 7.54. The molecule has 0 unspecified atom stereocenters. The summed E-state index contributed by atoms with van der Waals surface area (Å²) < 4.78 is 4.83. The number of rotatable bonds is 4. The van der Waals surface area contributed by atoms with Gasteiger partial charge in [0.2, 0.25) is 0 Å². The molecule has 8 heteroatoms. The summed E-state index contributed by atoms with van der Waals surface area (Å²) in [6.45, 7) is -0.0556. The van der Waals surface area contributed by atoms with E-state index in [1.54, 1.807) is 0 Å². The number of nitro groups is 1. The van der Waals surface area contributed by atoms with E-state index in [1.807, 2.05) is 0 Å². The Kier molecular flexibility index (Phi) is 4.18. The number of methoxy groups -OCH3 is 1. The highest BCUT2D eigenvalue weighted by Crippen LogP contribution is 2.24. The van der Waals surface area contributed by atoms with Crippen molar-refractivity contribution in [2.24, 2.45) is 0 Å². The molecule has 0 saturated heterocycles. The predicted octanol–water partition coefficient (Wildman–Crippen LogP) is 1.34. The van der Waals surface area contributed by atoms with Crippen molar-refractivity contribution >= 4 is 33.4 Å². The molecule has 1 aromatic rings. The van der Waals surface area contributed by atoms with Crippen molar-refractivity contribution in [2.45, 2.75) is 0 Å². The fraction of sp³-hybridized carbons (Fsp3) is 0.250. The molecule has 0 amide bonds. The van der Waals surface area contributed by atoms with Gasteiger partial charge in [-0.3, -0.25) is 14.9 Å². The maximum absolute atomic E-state index is 10.8. The maximum Gasteiger partial charge on any atom is 0.325 e. The van der Waals surface area contributed by atoms with Gasteiger partial charge in [0.1, 0.15) is 18.6 Å². The van der Waals surface area contributed by atoms with Gasteiger partial charge in [-0.2, -0.15) is 0 Å². The Morgan fingerprint density at radius 1 is 1.75 bits per heavy atom. The number of halogens is 1. The summed E-state index contributed by atoms with van der Waals surface area (Å²) in [5.41, 5.74) is -0.129. The summed E-state index contributed by atoms with van der Waals surface area (Å²) in [7, 11) is 1.27. The lowest BCUT2D eigenvalue weighted by Gasteiger charge is -2.05. The second-order valence-corrected chi connectivity index (χ2v) is 3.57. The summed E-state index contributed by atoms with van der Waals surface area (Å²) in [6.07, 6.45) is 1.10. The maximum atomic E-state index is 10.8. The van der Waals surface area contributed by atoms with Crippen molar-refractivity contribution < 1.29 is 14.5 Å². The van der Waals surface area contributed by atoms with Gasteiger partial charge >= 0.3 is 5.97 Å². The zero-order valence-electron chi connectivity index (χ0n) is 8.27. The molecule has 1 aromatic heterocycles. The van der Waals surface area contributed by atoms with E-state index >= 15 is 0 Å². The first-order valence-electron chi connectivity index (χ1n) is 4.15. The van der Waals surface area contributed by atoms with Crippen LogP contribution in [0.15, 0.2) is 16.7 Å². The lowest BCUT2D eigenvalue weighted by atomic mass is 10.4. The van der Waals surface area contributed by atoms with Crippen LogP contribution in [0.5, 0.6) is 0 Å². The van der Waals surface area contributed by atoms with Gasteiger partial charge in [0.05, 0.1) is 16.5 Å². The average Bonchev–Trinajstić information content (AvgIpc) is 2.26. The number of hydrogen-bond acceptors (Lipinski definition) is 6. The second-order valence-electron chi connectivity index (χ2n) is 2.71. The third kappa shape index (κ3) is 3.16. The number of hydrogen-bond donors (Lipinski definition) is 1. The molecular weight excluding hydrogens is 282 g/mol. The molecule has 0 fully saturated rings. The molecule has 0 aliphatic carbocycles. The quantitative estimate of drug-likeness (QED) is 0.511. The molecule has 0 bridgehead atoms. The number of nitrogens with zero attached hydrogens (tertiary/aromatic N) is 2. The van der Waals surface area contributed by atoms with E-state index in [-0.39, 0.29) is 12.2 Å². The Balaban J connectivity index is 2.75. The van der Waals surface area contributed by atoms with Crippen LogP contribution in [-0.2, 0) is 9.53 Å². The topological polar surface area (TPSA) is 94.4 Å². The molecule has 0 radical (unpaired) electrons. The minimum Gasteiger partial charge on any atom is -0.468 e. The third-order valence-electron chi connectivity index (χ3n) is 1.67. The van der Waals surface area contributed by atoms with Crippen LogP contribution in [0.4, 0.5) is 11.5 Å². The Bertz CT molecular complexity index is 424. The number of nitrogens with one attached hydrogen (secondary N) is 1. The smallest absolute Gasteiger partial charge is 0.325 e. The van der Waals surface area contributed by atoms with E-state index in [4.69, 9.17) is 0 Å². The number of anilines is 1. The highest BCUT2D eigenvalue weighted by Gasteiger charge is 2.11. The summed E-state index contributed by atoms with van der Waals surface area (Å²) >= 11 is 3.11. The van der Waals surface area contributed by atoms with E-state index in [0.29, 0.717) is 10.3 Å². The third-order valence-corrected chi connectivity index (χ3v) is 2.27. The summed E-state index contributed by atoms with van der Waals surface area (Å²) in [4.78, 5) is 24.5. The van der Waals surface area contributed by atoms with Gasteiger partial charge in [-0.05, 0) is 15.9 Å². The molecule has 0 aliphatic heterocycles. The predicted molar refractivity (Wildman–Crippen MR) is 59.1 cm³/mol. The standard InChI is InChI=1S/C8H8BrN3O4/c1-16-7(13)4-11-8-6(9)2-5(3-10-8)12(14)15/h2-3H,4H2,1H3,(H,10,11). The molecule has 0 atom stereocenters. The molecule has 0 spiro atoms. The minimum atomic E-state index is -0.554. The molecule has 0 aromatic carbocycles. The van der Waals surface area contributed by atoms with Gasteiger partial charge in [0, 0.05) is 6.07 Å². The molecule has 0 saturated carbocycles. The fourth-order valence-corrected chi connectivity index (χ4v) is 1.36. The lowest BCUT2D eigenvalue weighted by Crippen LogP contribution is -2.16. The Labute approximate surface area is 99.1 Å². The van der Waals surface area contributed by atoms with Crippen molar-refractivity contribution in [3.63, 3.8) is 0 Å². The number of esters is 1.